The molecular weight excluding hydrogens is 174 g/mol. The Balaban J connectivity index is 1.65. The smallest absolute Gasteiger partial charge is 0.0994 e. The monoisotopic (exact) mass is 193 g/mol. The highest BCUT2D eigenvalue weighted by atomic mass is 16.6. The molecule has 2 heteroatoms. The molecule has 78 valence electrons. The van der Waals surface area contributed by atoms with Gasteiger partial charge in [-0.05, 0) is 32.7 Å². The molecule has 2 heterocycles. The first-order valence-electron chi connectivity index (χ1n) is 5.58. The van der Waals surface area contributed by atoms with Crippen LogP contribution in [0.1, 0.15) is 26.2 Å². The van der Waals surface area contributed by atoms with Gasteiger partial charge in [-0.15, -0.1) is 0 Å². The average molecular weight is 193 g/mol. The van der Waals surface area contributed by atoms with Gasteiger partial charge < -0.3 is 10.1 Å². The van der Waals surface area contributed by atoms with E-state index in [0.29, 0.717) is 18.2 Å². The predicted molar refractivity (Wildman–Crippen MR) is 58.3 cm³/mol. The average Bonchev–Trinajstić information content (AvgIpc) is 2.97. The van der Waals surface area contributed by atoms with E-state index in [9.17, 15) is 0 Å². The van der Waals surface area contributed by atoms with E-state index in [1.807, 2.05) is 6.92 Å². The van der Waals surface area contributed by atoms with Crippen LogP contribution >= 0.6 is 0 Å². The molecule has 2 aliphatic heterocycles. The molecule has 2 nitrogen and oxygen atoms in total. The number of hydrogen-bond acceptors (Lipinski definition) is 2. The zero-order chi connectivity index (χ0) is 9.80. The SMILES string of the molecule is C/C=C/C=C\CC[C@@H]1NCC[C@H]2O[C@@H]12. The molecular formula is C12H19NO. The van der Waals surface area contributed by atoms with Crippen LogP contribution < -0.4 is 5.32 Å². The Morgan fingerprint density at radius 1 is 1.43 bits per heavy atom. The van der Waals surface area contributed by atoms with E-state index >= 15 is 0 Å². The lowest BCUT2D eigenvalue weighted by atomic mass is 10.0. The second kappa shape index (κ2) is 4.76. The van der Waals surface area contributed by atoms with Gasteiger partial charge in [-0.2, -0.15) is 0 Å². The number of nitrogens with one attached hydrogen (secondary N) is 1. The van der Waals surface area contributed by atoms with Crippen LogP contribution in [0.5, 0.6) is 0 Å². The topological polar surface area (TPSA) is 24.6 Å². The van der Waals surface area contributed by atoms with Crippen molar-refractivity contribution in [3.8, 4) is 0 Å². The Morgan fingerprint density at radius 3 is 3.21 bits per heavy atom. The lowest BCUT2D eigenvalue weighted by molar-refractivity contribution is 0.340. The Bertz CT molecular complexity index is 234. The molecule has 0 aromatic carbocycles. The first-order chi connectivity index (χ1) is 6.92. The van der Waals surface area contributed by atoms with E-state index in [4.69, 9.17) is 4.74 Å². The molecule has 0 amide bonds. The maximum atomic E-state index is 5.57. The zero-order valence-corrected chi connectivity index (χ0v) is 8.78. The Hall–Kier alpha value is -0.600. The van der Waals surface area contributed by atoms with Crippen LogP contribution in [-0.4, -0.2) is 24.8 Å². The normalized spacial score (nSPS) is 36.5. The molecule has 1 N–H and O–H groups in total. The number of ether oxygens (including phenoxy) is 1. The van der Waals surface area contributed by atoms with E-state index in [0.717, 1.165) is 13.0 Å². The van der Waals surface area contributed by atoms with E-state index in [1.54, 1.807) is 0 Å². The molecule has 2 rings (SSSR count). The van der Waals surface area contributed by atoms with Gasteiger partial charge in [-0.25, -0.2) is 0 Å². The Morgan fingerprint density at radius 2 is 2.36 bits per heavy atom. The fourth-order valence-corrected chi connectivity index (χ4v) is 2.10. The zero-order valence-electron chi connectivity index (χ0n) is 8.78. The molecule has 0 aromatic rings. The summed E-state index contributed by atoms with van der Waals surface area (Å²) in [7, 11) is 0. The van der Waals surface area contributed by atoms with Crippen molar-refractivity contribution in [3.63, 3.8) is 0 Å². The number of epoxide rings is 1. The van der Waals surface area contributed by atoms with Gasteiger partial charge >= 0.3 is 0 Å². The van der Waals surface area contributed by atoms with Gasteiger partial charge in [0.2, 0.25) is 0 Å². The molecule has 0 aromatic heterocycles. The molecule has 2 fully saturated rings. The third-order valence-electron chi connectivity index (χ3n) is 2.94. The molecule has 0 saturated carbocycles. The van der Waals surface area contributed by atoms with Crippen molar-refractivity contribution in [2.45, 2.75) is 44.4 Å². The number of hydrogen-bond donors (Lipinski definition) is 1. The van der Waals surface area contributed by atoms with Crippen molar-refractivity contribution in [1.82, 2.24) is 5.32 Å². The summed E-state index contributed by atoms with van der Waals surface area (Å²) in [5.74, 6) is 0. The Labute approximate surface area is 86.0 Å². The Kier molecular flexibility index (Phi) is 3.38. The second-order valence-corrected chi connectivity index (χ2v) is 4.02. The highest BCUT2D eigenvalue weighted by Gasteiger charge is 2.46. The van der Waals surface area contributed by atoms with Gasteiger partial charge in [0, 0.05) is 6.04 Å². The summed E-state index contributed by atoms with van der Waals surface area (Å²) in [6, 6.07) is 0.601. The van der Waals surface area contributed by atoms with Gasteiger partial charge in [0.25, 0.3) is 0 Å². The van der Waals surface area contributed by atoms with Crippen LogP contribution in [0.2, 0.25) is 0 Å². The molecule has 3 atom stereocenters. The van der Waals surface area contributed by atoms with Crippen molar-refractivity contribution >= 4 is 0 Å². The van der Waals surface area contributed by atoms with Gasteiger partial charge in [-0.1, -0.05) is 24.3 Å². The molecule has 0 bridgehead atoms. The van der Waals surface area contributed by atoms with E-state index in [2.05, 4.69) is 29.6 Å². The third-order valence-corrected chi connectivity index (χ3v) is 2.94. The van der Waals surface area contributed by atoms with Crippen LogP contribution in [0.3, 0.4) is 0 Å². The van der Waals surface area contributed by atoms with Crippen molar-refractivity contribution < 1.29 is 4.74 Å². The van der Waals surface area contributed by atoms with Crippen LogP contribution in [0.15, 0.2) is 24.3 Å². The van der Waals surface area contributed by atoms with Crippen molar-refractivity contribution in [1.29, 1.82) is 0 Å². The summed E-state index contributed by atoms with van der Waals surface area (Å²) < 4.78 is 5.57. The summed E-state index contributed by atoms with van der Waals surface area (Å²) in [5, 5.41) is 3.52. The van der Waals surface area contributed by atoms with Crippen LogP contribution in [0, 0.1) is 0 Å². The molecule has 0 aliphatic carbocycles. The molecule has 2 saturated heterocycles. The van der Waals surface area contributed by atoms with E-state index in [-0.39, 0.29) is 0 Å². The van der Waals surface area contributed by atoms with Crippen molar-refractivity contribution in [3.05, 3.63) is 24.3 Å². The molecule has 14 heavy (non-hydrogen) atoms. The van der Waals surface area contributed by atoms with Gasteiger partial charge in [0.1, 0.15) is 0 Å². The first-order valence-corrected chi connectivity index (χ1v) is 5.58. The van der Waals surface area contributed by atoms with Crippen LogP contribution in [0.25, 0.3) is 0 Å². The van der Waals surface area contributed by atoms with Gasteiger partial charge in [0.05, 0.1) is 12.2 Å². The summed E-state index contributed by atoms with van der Waals surface area (Å²) >= 11 is 0. The van der Waals surface area contributed by atoms with E-state index in [1.165, 1.54) is 12.8 Å². The number of rotatable bonds is 4. The molecule has 2 aliphatic rings. The van der Waals surface area contributed by atoms with Gasteiger partial charge in [0.15, 0.2) is 0 Å². The fraction of sp³-hybridized carbons (Fsp3) is 0.667. The minimum atomic E-state index is 0.527. The van der Waals surface area contributed by atoms with Crippen LogP contribution in [0.4, 0.5) is 0 Å². The van der Waals surface area contributed by atoms with Crippen LogP contribution in [-0.2, 0) is 4.74 Å². The lowest BCUT2D eigenvalue weighted by Crippen LogP contribution is -2.39. The standard InChI is InChI=1S/C12H19NO/c1-2-3-4-5-6-7-10-12-11(14-12)8-9-13-10/h2-5,10-13H,6-9H2,1H3/b3-2+,5-4-/t10-,11+,12-/m0/s1. The quantitative estimate of drug-likeness (QED) is 0.546. The van der Waals surface area contributed by atoms with Crippen molar-refractivity contribution in [2.24, 2.45) is 0 Å². The number of allylic oxidation sites excluding steroid dienone is 4. The maximum Gasteiger partial charge on any atom is 0.0994 e. The third kappa shape index (κ3) is 2.46. The first kappa shape index (κ1) is 9.94. The number of fused-ring (bicyclic) bond motifs is 1. The summed E-state index contributed by atoms with van der Waals surface area (Å²) in [5.41, 5.74) is 0. The largest absolute Gasteiger partial charge is 0.368 e. The summed E-state index contributed by atoms with van der Waals surface area (Å²) in [4.78, 5) is 0. The number of piperidine rings is 1. The second-order valence-electron chi connectivity index (χ2n) is 4.02. The summed E-state index contributed by atoms with van der Waals surface area (Å²) in [6.07, 6.45) is 13.1. The summed E-state index contributed by atoms with van der Waals surface area (Å²) in [6.45, 7) is 3.17. The highest BCUT2D eigenvalue weighted by molar-refractivity contribution is 5.03. The predicted octanol–water partition coefficient (Wildman–Crippen LogP) is 2.03. The maximum absolute atomic E-state index is 5.57. The molecule has 0 radical (unpaired) electrons. The molecule has 0 unspecified atom stereocenters. The minimum absolute atomic E-state index is 0.527. The van der Waals surface area contributed by atoms with Gasteiger partial charge in [-0.3, -0.25) is 0 Å². The van der Waals surface area contributed by atoms with E-state index < -0.39 is 0 Å². The lowest BCUT2D eigenvalue weighted by Gasteiger charge is -2.19. The minimum Gasteiger partial charge on any atom is -0.368 e. The fourth-order valence-electron chi connectivity index (χ4n) is 2.10. The highest BCUT2D eigenvalue weighted by Crippen LogP contribution is 2.32. The van der Waals surface area contributed by atoms with Crippen molar-refractivity contribution in [2.75, 3.05) is 6.54 Å². The molecule has 0 spiro atoms.